The van der Waals surface area contributed by atoms with Gasteiger partial charge in [-0.15, -0.1) is 0 Å². The lowest BCUT2D eigenvalue weighted by Gasteiger charge is -2.47. The Morgan fingerprint density at radius 3 is 2.61 bits per heavy atom. The van der Waals surface area contributed by atoms with Gasteiger partial charge in [-0.3, -0.25) is 0 Å². The highest BCUT2D eigenvalue weighted by Crippen LogP contribution is 2.31. The molecule has 2 aliphatic rings. The van der Waals surface area contributed by atoms with Crippen LogP contribution in [-0.4, -0.2) is 70.0 Å². The Balaban J connectivity index is 1.69. The average molecular weight is 339 g/mol. The lowest BCUT2D eigenvalue weighted by molar-refractivity contribution is -0.0884. The molecule has 0 aromatic carbocycles. The smallest absolute Gasteiger partial charge is 0.151 e. The van der Waals surface area contributed by atoms with Crippen molar-refractivity contribution in [3.8, 4) is 0 Å². The van der Waals surface area contributed by atoms with E-state index in [1.54, 1.807) is 6.20 Å². The summed E-state index contributed by atoms with van der Waals surface area (Å²) in [5, 5.41) is 0. The normalized spacial score (nSPS) is 22.4. The van der Waals surface area contributed by atoms with Gasteiger partial charge in [0.15, 0.2) is 9.84 Å². The van der Waals surface area contributed by atoms with Crippen LogP contribution in [0.4, 0.5) is 5.82 Å². The number of piperidine rings is 1. The minimum absolute atomic E-state index is 0.0413. The lowest BCUT2D eigenvalue weighted by atomic mass is 9.89. The number of pyridine rings is 1. The molecular formula is C16H25N3O3S. The molecule has 1 aromatic rings. The third-order valence-electron chi connectivity index (χ3n) is 4.71. The zero-order valence-corrected chi connectivity index (χ0v) is 14.7. The van der Waals surface area contributed by atoms with Crippen molar-refractivity contribution < 1.29 is 13.2 Å². The number of likely N-dealkylation sites (tertiary alicyclic amines) is 1. The molecule has 1 aromatic heterocycles. The summed E-state index contributed by atoms with van der Waals surface area (Å²) in [5.74, 6) is 0.948. The Morgan fingerprint density at radius 2 is 2.00 bits per heavy atom. The zero-order valence-electron chi connectivity index (χ0n) is 13.9. The number of anilines is 1. The molecule has 0 saturated carbocycles. The summed E-state index contributed by atoms with van der Waals surface area (Å²) < 4.78 is 28.8. The molecule has 0 amide bonds. The predicted octanol–water partition coefficient (Wildman–Crippen LogP) is 0.927. The van der Waals surface area contributed by atoms with E-state index in [2.05, 4.69) is 21.8 Å². The van der Waals surface area contributed by atoms with E-state index in [1.807, 2.05) is 12.1 Å². The molecule has 2 saturated heterocycles. The summed E-state index contributed by atoms with van der Waals surface area (Å²) in [6.07, 6.45) is 5.01. The number of ether oxygens (including phenoxy) is 1. The zero-order chi connectivity index (χ0) is 16.5. The maximum absolute atomic E-state index is 11.4. The molecule has 2 aliphatic heterocycles. The van der Waals surface area contributed by atoms with E-state index < -0.39 is 9.84 Å². The van der Waals surface area contributed by atoms with Crippen LogP contribution in [0.2, 0.25) is 0 Å². The van der Waals surface area contributed by atoms with Crippen molar-refractivity contribution >= 4 is 15.7 Å². The maximum Gasteiger partial charge on any atom is 0.151 e. The largest absolute Gasteiger partial charge is 0.371 e. The number of hydrogen-bond donors (Lipinski definition) is 0. The Kier molecular flexibility index (Phi) is 4.62. The Hall–Kier alpha value is -1.18. The van der Waals surface area contributed by atoms with E-state index in [-0.39, 0.29) is 11.4 Å². The first-order valence-corrected chi connectivity index (χ1v) is 10.1. The molecule has 0 radical (unpaired) electrons. The van der Waals surface area contributed by atoms with Gasteiger partial charge in [0.25, 0.3) is 0 Å². The fourth-order valence-electron chi connectivity index (χ4n) is 3.36. The average Bonchev–Trinajstić information content (AvgIpc) is 2.50. The predicted molar refractivity (Wildman–Crippen MR) is 90.4 cm³/mol. The van der Waals surface area contributed by atoms with Crippen molar-refractivity contribution in [3.05, 3.63) is 23.9 Å². The Labute approximate surface area is 138 Å². The first-order chi connectivity index (χ1) is 10.9. The van der Waals surface area contributed by atoms with Gasteiger partial charge in [-0.1, -0.05) is 6.07 Å². The van der Waals surface area contributed by atoms with Gasteiger partial charge < -0.3 is 14.5 Å². The van der Waals surface area contributed by atoms with Gasteiger partial charge in [0.1, 0.15) is 5.82 Å². The van der Waals surface area contributed by atoms with Gasteiger partial charge in [-0.25, -0.2) is 13.4 Å². The Bertz CT molecular complexity index is 637. The first-order valence-electron chi connectivity index (χ1n) is 8.05. The van der Waals surface area contributed by atoms with Gasteiger partial charge in [-0.05, 0) is 31.5 Å². The molecule has 2 fully saturated rings. The van der Waals surface area contributed by atoms with E-state index in [0.29, 0.717) is 0 Å². The molecule has 0 atom stereocenters. The molecular weight excluding hydrogens is 314 g/mol. The van der Waals surface area contributed by atoms with Gasteiger partial charge >= 0.3 is 0 Å². The molecule has 0 bridgehead atoms. The van der Waals surface area contributed by atoms with Gasteiger partial charge in [0.05, 0.1) is 18.0 Å². The fraction of sp³-hybridized carbons (Fsp3) is 0.688. The molecule has 23 heavy (non-hydrogen) atoms. The monoisotopic (exact) mass is 339 g/mol. The van der Waals surface area contributed by atoms with Crippen LogP contribution in [0.15, 0.2) is 18.3 Å². The summed E-state index contributed by atoms with van der Waals surface area (Å²) in [6.45, 7) is 4.54. The topological polar surface area (TPSA) is 62.7 Å². The first kappa shape index (κ1) is 16.7. The van der Waals surface area contributed by atoms with Crippen LogP contribution in [0.25, 0.3) is 0 Å². The van der Waals surface area contributed by atoms with Crippen molar-refractivity contribution in [3.63, 3.8) is 0 Å². The van der Waals surface area contributed by atoms with E-state index in [4.69, 9.17) is 4.74 Å². The molecule has 3 heterocycles. The van der Waals surface area contributed by atoms with E-state index in [1.165, 1.54) is 6.26 Å². The van der Waals surface area contributed by atoms with Crippen molar-refractivity contribution in [1.29, 1.82) is 0 Å². The molecule has 1 spiro atoms. The summed E-state index contributed by atoms with van der Waals surface area (Å²) in [6, 6.07) is 3.79. The van der Waals surface area contributed by atoms with Crippen LogP contribution in [0.1, 0.15) is 18.4 Å². The van der Waals surface area contributed by atoms with E-state index >= 15 is 0 Å². The fourth-order valence-corrected chi connectivity index (χ4v) is 4.14. The molecule has 3 rings (SSSR count). The van der Waals surface area contributed by atoms with Crippen molar-refractivity contribution in [2.75, 3.05) is 51.0 Å². The minimum Gasteiger partial charge on any atom is -0.371 e. The molecule has 6 nitrogen and oxygen atoms in total. The van der Waals surface area contributed by atoms with Crippen LogP contribution in [0.5, 0.6) is 0 Å². The van der Waals surface area contributed by atoms with Crippen LogP contribution in [-0.2, 0) is 20.3 Å². The second-order valence-electron chi connectivity index (χ2n) is 6.85. The maximum atomic E-state index is 11.4. The lowest BCUT2D eigenvalue weighted by Crippen LogP contribution is -2.56. The molecule has 0 unspecified atom stereocenters. The summed E-state index contributed by atoms with van der Waals surface area (Å²) in [4.78, 5) is 9.08. The summed E-state index contributed by atoms with van der Waals surface area (Å²) in [7, 11) is -0.872. The number of nitrogens with zero attached hydrogens (tertiary/aromatic N) is 3. The minimum atomic E-state index is -3.02. The third-order valence-corrected chi connectivity index (χ3v) is 5.57. The van der Waals surface area contributed by atoms with Gasteiger partial charge in [0.2, 0.25) is 0 Å². The molecule has 0 aliphatic carbocycles. The molecule has 7 heteroatoms. The second-order valence-corrected chi connectivity index (χ2v) is 8.99. The summed E-state index contributed by atoms with van der Waals surface area (Å²) >= 11 is 0. The standard InChI is InChI=1S/C16H25N3O3S/c1-18-7-5-16(6-8-18)13-19(9-10-22-16)15-4-3-14(11-17-15)12-23(2,20)21/h3-4,11H,5-10,12-13H2,1-2H3. The third kappa shape index (κ3) is 4.22. The highest BCUT2D eigenvalue weighted by molar-refractivity contribution is 7.89. The van der Waals surface area contributed by atoms with E-state index in [0.717, 1.165) is 57.0 Å². The van der Waals surface area contributed by atoms with Crippen molar-refractivity contribution in [2.45, 2.75) is 24.2 Å². The Morgan fingerprint density at radius 1 is 1.26 bits per heavy atom. The second kappa shape index (κ2) is 6.37. The van der Waals surface area contributed by atoms with Crippen LogP contribution < -0.4 is 4.90 Å². The number of sulfone groups is 1. The number of aromatic nitrogens is 1. The van der Waals surface area contributed by atoms with Crippen LogP contribution in [0.3, 0.4) is 0 Å². The van der Waals surface area contributed by atoms with Crippen LogP contribution in [0, 0.1) is 0 Å². The SMILES string of the molecule is CN1CCC2(CC1)CN(c1ccc(CS(C)(=O)=O)cn1)CCO2. The number of hydrogen-bond acceptors (Lipinski definition) is 6. The van der Waals surface area contributed by atoms with Crippen molar-refractivity contribution in [2.24, 2.45) is 0 Å². The number of rotatable bonds is 3. The molecule has 0 N–H and O–H groups in total. The highest BCUT2D eigenvalue weighted by atomic mass is 32.2. The van der Waals surface area contributed by atoms with Crippen molar-refractivity contribution in [1.82, 2.24) is 9.88 Å². The highest BCUT2D eigenvalue weighted by Gasteiger charge is 2.39. The van der Waals surface area contributed by atoms with Crippen LogP contribution >= 0.6 is 0 Å². The van der Waals surface area contributed by atoms with Gasteiger partial charge in [-0.2, -0.15) is 0 Å². The van der Waals surface area contributed by atoms with E-state index in [9.17, 15) is 8.42 Å². The number of morpholine rings is 1. The quantitative estimate of drug-likeness (QED) is 0.816. The molecule has 128 valence electrons. The van der Waals surface area contributed by atoms with Gasteiger partial charge in [0, 0.05) is 38.6 Å². The summed E-state index contributed by atoms with van der Waals surface area (Å²) in [5.41, 5.74) is 0.677.